The van der Waals surface area contributed by atoms with Crippen LogP contribution >= 0.6 is 15.9 Å². The van der Waals surface area contributed by atoms with Crippen LogP contribution in [-0.2, 0) is 9.53 Å². The van der Waals surface area contributed by atoms with Gasteiger partial charge in [0.05, 0.1) is 7.11 Å². The summed E-state index contributed by atoms with van der Waals surface area (Å²) < 4.78 is 5.38. The molecule has 0 aromatic carbocycles. The summed E-state index contributed by atoms with van der Waals surface area (Å²) in [6.45, 7) is 3.87. The van der Waals surface area contributed by atoms with Crippen LogP contribution < -0.4 is 5.32 Å². The van der Waals surface area contributed by atoms with E-state index in [1.165, 1.54) is 13.4 Å². The minimum absolute atomic E-state index is 0.112. The maximum atomic E-state index is 11.5. The first kappa shape index (κ1) is 12.9. The molecule has 0 amide bonds. The number of esters is 1. The number of rotatable bonds is 4. The molecule has 1 rings (SSSR count). The van der Waals surface area contributed by atoms with E-state index < -0.39 is 6.04 Å². The zero-order chi connectivity index (χ0) is 12.1. The summed E-state index contributed by atoms with van der Waals surface area (Å²) in [7, 11) is 1.37. The summed E-state index contributed by atoms with van der Waals surface area (Å²) >= 11 is 3.24. The molecule has 0 saturated heterocycles. The molecule has 0 bridgehead atoms. The molecule has 0 aliphatic carbocycles. The molecular formula is C10H14BrN3O2. The lowest BCUT2D eigenvalue weighted by Crippen LogP contribution is -2.35. The molecule has 1 N–H and O–H groups in total. The second kappa shape index (κ2) is 5.79. The average molecular weight is 288 g/mol. The summed E-state index contributed by atoms with van der Waals surface area (Å²) in [5.41, 5.74) is 0. The largest absolute Gasteiger partial charge is 0.467 e. The van der Waals surface area contributed by atoms with E-state index in [0.29, 0.717) is 10.4 Å². The molecule has 1 aromatic rings. The van der Waals surface area contributed by atoms with Crippen LogP contribution in [-0.4, -0.2) is 29.1 Å². The Morgan fingerprint density at radius 1 is 1.50 bits per heavy atom. The van der Waals surface area contributed by atoms with Crippen molar-refractivity contribution in [3.8, 4) is 0 Å². The number of ether oxygens (including phenoxy) is 1. The fraction of sp³-hybridized carbons (Fsp3) is 0.500. The first-order chi connectivity index (χ1) is 7.54. The third-order valence-electron chi connectivity index (χ3n) is 2.06. The van der Waals surface area contributed by atoms with Gasteiger partial charge in [0.25, 0.3) is 0 Å². The van der Waals surface area contributed by atoms with Gasteiger partial charge in [-0.05, 0) is 21.8 Å². The Hall–Kier alpha value is -1.17. The Kier molecular flexibility index (Phi) is 4.67. The van der Waals surface area contributed by atoms with Crippen LogP contribution in [0.15, 0.2) is 17.0 Å². The van der Waals surface area contributed by atoms with Crippen molar-refractivity contribution in [3.63, 3.8) is 0 Å². The van der Waals surface area contributed by atoms with Crippen molar-refractivity contribution in [2.24, 2.45) is 5.92 Å². The molecule has 5 nitrogen and oxygen atoms in total. The Morgan fingerprint density at radius 2 is 2.19 bits per heavy atom. The highest BCUT2D eigenvalue weighted by Crippen LogP contribution is 2.14. The van der Waals surface area contributed by atoms with Gasteiger partial charge in [-0.2, -0.15) is 0 Å². The predicted octanol–water partition coefficient (Wildman–Crippen LogP) is 1.85. The Morgan fingerprint density at radius 3 is 2.69 bits per heavy atom. The van der Waals surface area contributed by atoms with Gasteiger partial charge in [-0.15, -0.1) is 0 Å². The van der Waals surface area contributed by atoms with Gasteiger partial charge in [0, 0.05) is 6.07 Å². The van der Waals surface area contributed by atoms with Gasteiger partial charge in [-0.25, -0.2) is 14.8 Å². The van der Waals surface area contributed by atoms with Gasteiger partial charge in [-0.1, -0.05) is 13.8 Å². The highest BCUT2D eigenvalue weighted by molar-refractivity contribution is 9.10. The van der Waals surface area contributed by atoms with Crippen LogP contribution in [0.3, 0.4) is 0 Å². The summed E-state index contributed by atoms with van der Waals surface area (Å²) in [6, 6.07) is 1.30. The van der Waals surface area contributed by atoms with E-state index in [9.17, 15) is 4.79 Å². The summed E-state index contributed by atoms with van der Waals surface area (Å²) in [5, 5.41) is 3.01. The molecule has 0 spiro atoms. The lowest BCUT2D eigenvalue weighted by molar-refractivity contribution is -0.142. The topological polar surface area (TPSA) is 64.1 Å². The van der Waals surface area contributed by atoms with Crippen molar-refractivity contribution in [1.82, 2.24) is 9.97 Å². The van der Waals surface area contributed by atoms with Crippen molar-refractivity contribution in [3.05, 3.63) is 17.0 Å². The van der Waals surface area contributed by atoms with Crippen LogP contribution in [0.5, 0.6) is 0 Å². The number of methoxy groups -OCH3 is 1. The number of aromatic nitrogens is 2. The lowest BCUT2D eigenvalue weighted by atomic mass is 10.1. The van der Waals surface area contributed by atoms with Crippen molar-refractivity contribution in [1.29, 1.82) is 0 Å². The minimum atomic E-state index is -0.410. The van der Waals surface area contributed by atoms with Crippen LogP contribution in [0.25, 0.3) is 0 Å². The second-order valence-corrected chi connectivity index (χ2v) is 4.43. The number of nitrogens with zero attached hydrogens (tertiary/aromatic N) is 2. The fourth-order valence-corrected chi connectivity index (χ4v) is 1.50. The Bertz CT molecular complexity index is 371. The molecule has 0 aliphatic heterocycles. The molecular weight excluding hydrogens is 274 g/mol. The zero-order valence-corrected chi connectivity index (χ0v) is 11.0. The van der Waals surface area contributed by atoms with E-state index in [1.807, 2.05) is 13.8 Å². The molecule has 1 unspecified atom stereocenters. The number of hydrogen-bond donors (Lipinski definition) is 1. The van der Waals surface area contributed by atoms with Crippen LogP contribution in [0.2, 0.25) is 0 Å². The quantitative estimate of drug-likeness (QED) is 0.676. The normalized spacial score (nSPS) is 12.3. The smallest absolute Gasteiger partial charge is 0.328 e. The number of carbonyl (C=O) groups is 1. The SMILES string of the molecule is COC(=O)C(Nc1cc(Br)ncn1)C(C)C. The molecule has 0 radical (unpaired) electrons. The molecule has 16 heavy (non-hydrogen) atoms. The number of nitrogens with one attached hydrogen (secondary N) is 1. The van der Waals surface area contributed by atoms with E-state index in [4.69, 9.17) is 4.74 Å². The zero-order valence-electron chi connectivity index (χ0n) is 9.40. The first-order valence-corrected chi connectivity index (χ1v) is 5.65. The van der Waals surface area contributed by atoms with E-state index in [-0.39, 0.29) is 11.9 Å². The van der Waals surface area contributed by atoms with Gasteiger partial charge in [0.1, 0.15) is 22.8 Å². The van der Waals surface area contributed by atoms with E-state index in [1.54, 1.807) is 6.07 Å². The number of carbonyl (C=O) groups excluding carboxylic acids is 1. The molecule has 6 heteroatoms. The van der Waals surface area contributed by atoms with Gasteiger partial charge in [0.2, 0.25) is 0 Å². The van der Waals surface area contributed by atoms with Gasteiger partial charge < -0.3 is 10.1 Å². The number of hydrogen-bond acceptors (Lipinski definition) is 5. The highest BCUT2D eigenvalue weighted by atomic mass is 79.9. The summed E-state index contributed by atoms with van der Waals surface area (Å²) in [5.74, 6) is 0.400. The highest BCUT2D eigenvalue weighted by Gasteiger charge is 2.23. The molecule has 0 saturated carbocycles. The van der Waals surface area contributed by atoms with E-state index in [2.05, 4.69) is 31.2 Å². The molecule has 88 valence electrons. The minimum Gasteiger partial charge on any atom is -0.467 e. The number of anilines is 1. The van der Waals surface area contributed by atoms with Gasteiger partial charge >= 0.3 is 5.97 Å². The van der Waals surface area contributed by atoms with Gasteiger partial charge in [0.15, 0.2) is 0 Å². The second-order valence-electron chi connectivity index (χ2n) is 3.62. The standard InChI is InChI=1S/C10H14BrN3O2/c1-6(2)9(10(15)16-3)14-8-4-7(11)12-5-13-8/h4-6,9H,1-3H3,(H,12,13,14). The Balaban J connectivity index is 2.79. The van der Waals surface area contributed by atoms with Crippen LogP contribution in [0, 0.1) is 5.92 Å². The monoisotopic (exact) mass is 287 g/mol. The van der Waals surface area contributed by atoms with Crippen LogP contribution in [0.1, 0.15) is 13.8 Å². The first-order valence-electron chi connectivity index (χ1n) is 4.86. The molecule has 0 fully saturated rings. The van der Waals surface area contributed by atoms with Crippen LogP contribution in [0.4, 0.5) is 5.82 Å². The Labute approximate surface area is 103 Å². The molecule has 1 aromatic heterocycles. The van der Waals surface area contributed by atoms with E-state index >= 15 is 0 Å². The van der Waals surface area contributed by atoms with Crippen molar-refractivity contribution in [2.75, 3.05) is 12.4 Å². The maximum absolute atomic E-state index is 11.5. The summed E-state index contributed by atoms with van der Waals surface area (Å²) in [4.78, 5) is 19.4. The lowest BCUT2D eigenvalue weighted by Gasteiger charge is -2.20. The third kappa shape index (κ3) is 3.44. The molecule has 1 heterocycles. The van der Waals surface area contributed by atoms with Crippen molar-refractivity contribution in [2.45, 2.75) is 19.9 Å². The summed E-state index contributed by atoms with van der Waals surface area (Å²) in [6.07, 6.45) is 1.42. The maximum Gasteiger partial charge on any atom is 0.328 e. The van der Waals surface area contributed by atoms with Crippen molar-refractivity contribution >= 4 is 27.7 Å². The number of halogens is 1. The average Bonchev–Trinajstić information content (AvgIpc) is 2.24. The molecule has 1 atom stereocenters. The predicted molar refractivity (Wildman–Crippen MR) is 64.0 cm³/mol. The molecule has 0 aliphatic rings. The van der Waals surface area contributed by atoms with E-state index in [0.717, 1.165) is 0 Å². The fourth-order valence-electron chi connectivity index (χ4n) is 1.20. The third-order valence-corrected chi connectivity index (χ3v) is 2.49. The van der Waals surface area contributed by atoms with Gasteiger partial charge in [-0.3, -0.25) is 0 Å². The van der Waals surface area contributed by atoms with Crippen molar-refractivity contribution < 1.29 is 9.53 Å².